The third-order valence-electron chi connectivity index (χ3n) is 6.70. The molecule has 2 aromatic heterocycles. The Labute approximate surface area is 261 Å². The Kier molecular flexibility index (Phi) is 9.91. The summed E-state index contributed by atoms with van der Waals surface area (Å²) in [6.07, 6.45) is 4.48. The molecule has 0 bridgehead atoms. The number of hydrogen-bond donors (Lipinski definition) is 1. The quantitative estimate of drug-likeness (QED) is 0.0539. The van der Waals surface area contributed by atoms with Crippen LogP contribution in [0.5, 0.6) is 17.2 Å². The summed E-state index contributed by atoms with van der Waals surface area (Å²) < 4.78 is 24.8. The Hall–Kier alpha value is -5.83. The lowest BCUT2D eigenvalue weighted by Gasteiger charge is -2.10. The van der Waals surface area contributed by atoms with Gasteiger partial charge < -0.3 is 23.2 Å². The number of aromatic nitrogens is 1. The summed E-state index contributed by atoms with van der Waals surface area (Å²) in [5.74, 6) is 0.871. The molecular weight excluding hydrogens is 570 g/mol. The highest BCUT2D eigenvalue weighted by atomic mass is 16.6. The van der Waals surface area contributed by atoms with E-state index >= 15 is 0 Å². The number of benzene rings is 3. The highest BCUT2D eigenvalue weighted by molar-refractivity contribution is 5.92. The summed E-state index contributed by atoms with van der Waals surface area (Å²) in [4.78, 5) is 24.9. The minimum Gasteiger partial charge on any atom is -0.490 e. The molecule has 0 atom stereocenters. The number of rotatable bonds is 12. The minimum atomic E-state index is -0.535. The maximum absolute atomic E-state index is 12.6. The van der Waals surface area contributed by atoms with Crippen molar-refractivity contribution in [1.82, 2.24) is 9.99 Å². The van der Waals surface area contributed by atoms with Crippen molar-refractivity contribution in [3.05, 3.63) is 137 Å². The molecule has 228 valence electrons. The van der Waals surface area contributed by atoms with E-state index in [0.717, 1.165) is 22.6 Å². The molecule has 0 unspecified atom stereocenters. The van der Waals surface area contributed by atoms with Crippen molar-refractivity contribution in [2.24, 2.45) is 5.10 Å². The Balaban J connectivity index is 1.13. The number of hydrazone groups is 1. The van der Waals surface area contributed by atoms with E-state index in [1.165, 1.54) is 12.3 Å². The van der Waals surface area contributed by atoms with Gasteiger partial charge in [-0.2, -0.15) is 5.10 Å². The van der Waals surface area contributed by atoms with E-state index in [1.54, 1.807) is 36.4 Å². The molecule has 2 heterocycles. The van der Waals surface area contributed by atoms with Gasteiger partial charge in [0, 0.05) is 23.2 Å². The van der Waals surface area contributed by atoms with Crippen molar-refractivity contribution in [2.45, 2.75) is 27.4 Å². The van der Waals surface area contributed by atoms with E-state index in [1.807, 2.05) is 61.5 Å². The summed E-state index contributed by atoms with van der Waals surface area (Å²) in [6, 6.07) is 29.6. The number of esters is 1. The average Bonchev–Trinajstić information content (AvgIpc) is 3.67. The second-order valence-corrected chi connectivity index (χ2v) is 10.0. The third kappa shape index (κ3) is 8.17. The van der Waals surface area contributed by atoms with Crippen molar-refractivity contribution in [2.75, 3.05) is 6.61 Å². The first-order valence-corrected chi connectivity index (χ1v) is 14.4. The lowest BCUT2D eigenvalue weighted by molar-refractivity contribution is -0.129. The Morgan fingerprint density at radius 3 is 2.33 bits per heavy atom. The number of amides is 1. The molecule has 0 saturated heterocycles. The maximum atomic E-state index is 12.6. The van der Waals surface area contributed by atoms with Crippen LogP contribution in [0.15, 0.2) is 113 Å². The van der Waals surface area contributed by atoms with Crippen molar-refractivity contribution in [3.8, 4) is 22.9 Å². The molecule has 0 radical (unpaired) electrons. The number of furan rings is 1. The molecule has 5 rings (SSSR count). The van der Waals surface area contributed by atoms with Crippen molar-refractivity contribution in [3.63, 3.8) is 0 Å². The highest BCUT2D eigenvalue weighted by Gasteiger charge is 2.12. The predicted molar refractivity (Wildman–Crippen MR) is 172 cm³/mol. The van der Waals surface area contributed by atoms with Gasteiger partial charge in [-0.1, -0.05) is 30.3 Å². The van der Waals surface area contributed by atoms with Gasteiger partial charge in [-0.3, -0.25) is 4.79 Å². The van der Waals surface area contributed by atoms with Crippen LogP contribution in [0, 0.1) is 13.8 Å². The molecule has 0 aliphatic rings. The maximum Gasteiger partial charge on any atom is 0.336 e. The first-order valence-electron chi connectivity index (χ1n) is 14.4. The van der Waals surface area contributed by atoms with Crippen molar-refractivity contribution in [1.29, 1.82) is 0 Å². The van der Waals surface area contributed by atoms with E-state index < -0.39 is 11.9 Å². The number of carbonyl (C=O) groups is 2. The molecule has 0 fully saturated rings. The number of nitrogens with one attached hydrogen (secondary N) is 1. The highest BCUT2D eigenvalue weighted by Crippen LogP contribution is 2.28. The Bertz CT molecular complexity index is 1800. The van der Waals surface area contributed by atoms with E-state index in [4.69, 9.17) is 18.6 Å². The van der Waals surface area contributed by atoms with E-state index in [2.05, 4.69) is 41.1 Å². The normalized spacial score (nSPS) is 11.2. The number of hydrogen-bond acceptors (Lipinski definition) is 7. The minimum absolute atomic E-state index is 0.0977. The van der Waals surface area contributed by atoms with E-state index in [9.17, 15) is 9.59 Å². The molecule has 0 aliphatic heterocycles. The van der Waals surface area contributed by atoms with Gasteiger partial charge in [0.05, 0.1) is 12.8 Å². The lowest BCUT2D eigenvalue weighted by Crippen LogP contribution is -2.16. The molecule has 5 aromatic rings. The van der Waals surface area contributed by atoms with Crippen LogP contribution < -0.4 is 19.6 Å². The summed E-state index contributed by atoms with van der Waals surface area (Å²) in [6.45, 7) is 6.49. The average molecular weight is 604 g/mol. The van der Waals surface area contributed by atoms with Gasteiger partial charge in [0.2, 0.25) is 0 Å². The standard InChI is InChI=1S/C36H33N3O6/c1-4-42-34-22-28(12-19-32(34)45-35(40)21-13-27-8-6-5-7-9-27)23-37-38-36(41)33-20-18-31(44-33)24-43-30-16-14-29(15-17-30)39-25(2)10-11-26(39)3/h5-23H,4,24H2,1-3H3,(H,38,41)/b21-13+,37-23+. The monoisotopic (exact) mass is 603 g/mol. The summed E-state index contributed by atoms with van der Waals surface area (Å²) in [5, 5.41) is 4.02. The van der Waals surface area contributed by atoms with Crippen LogP contribution in [0.4, 0.5) is 0 Å². The largest absolute Gasteiger partial charge is 0.490 e. The summed E-state index contributed by atoms with van der Waals surface area (Å²) in [7, 11) is 0. The SMILES string of the molecule is CCOc1cc(/C=N/NC(=O)c2ccc(COc3ccc(-n4c(C)ccc4C)cc3)o2)ccc1OC(=O)/C=C/c1ccccc1. The number of ether oxygens (including phenoxy) is 3. The van der Waals surface area contributed by atoms with Crippen LogP contribution in [-0.4, -0.2) is 29.3 Å². The van der Waals surface area contributed by atoms with Crippen molar-refractivity contribution < 1.29 is 28.2 Å². The second-order valence-electron chi connectivity index (χ2n) is 10.0. The smallest absolute Gasteiger partial charge is 0.336 e. The fraction of sp³-hybridized carbons (Fsp3) is 0.139. The molecular formula is C36H33N3O6. The number of nitrogens with zero attached hydrogens (tertiary/aromatic N) is 2. The zero-order valence-corrected chi connectivity index (χ0v) is 25.2. The van der Waals surface area contributed by atoms with Crippen molar-refractivity contribution >= 4 is 24.2 Å². The summed E-state index contributed by atoms with van der Waals surface area (Å²) >= 11 is 0. The third-order valence-corrected chi connectivity index (χ3v) is 6.70. The zero-order chi connectivity index (χ0) is 31.6. The van der Waals surface area contributed by atoms with Gasteiger partial charge in [-0.15, -0.1) is 0 Å². The topological polar surface area (TPSA) is 104 Å². The summed E-state index contributed by atoms with van der Waals surface area (Å²) in [5.41, 5.74) is 7.33. The van der Waals surface area contributed by atoms with Crippen LogP contribution in [0.2, 0.25) is 0 Å². The van der Waals surface area contributed by atoms with Crippen LogP contribution in [-0.2, 0) is 11.4 Å². The van der Waals surface area contributed by atoms with Crippen LogP contribution in [0.3, 0.4) is 0 Å². The molecule has 0 aliphatic carbocycles. The van der Waals surface area contributed by atoms with Gasteiger partial charge in [-0.05, 0) is 105 Å². The lowest BCUT2D eigenvalue weighted by atomic mass is 10.2. The molecule has 1 amide bonds. The van der Waals surface area contributed by atoms with Gasteiger partial charge in [0.25, 0.3) is 0 Å². The van der Waals surface area contributed by atoms with Crippen LogP contribution in [0.1, 0.15) is 45.8 Å². The molecule has 9 heteroatoms. The van der Waals surface area contributed by atoms with Crippen LogP contribution >= 0.6 is 0 Å². The van der Waals surface area contributed by atoms with Crippen LogP contribution in [0.25, 0.3) is 11.8 Å². The first kappa shape index (κ1) is 30.6. The number of carbonyl (C=O) groups excluding carboxylic acids is 2. The fourth-order valence-corrected chi connectivity index (χ4v) is 4.55. The molecule has 1 N–H and O–H groups in total. The van der Waals surface area contributed by atoms with Gasteiger partial charge >= 0.3 is 11.9 Å². The predicted octanol–water partition coefficient (Wildman–Crippen LogP) is 7.05. The Morgan fingerprint density at radius 1 is 0.844 bits per heavy atom. The van der Waals surface area contributed by atoms with E-state index in [0.29, 0.717) is 29.4 Å². The molecule has 9 nitrogen and oxygen atoms in total. The first-order chi connectivity index (χ1) is 21.9. The molecule has 0 spiro atoms. The van der Waals surface area contributed by atoms with Gasteiger partial charge in [0.15, 0.2) is 17.3 Å². The zero-order valence-electron chi connectivity index (χ0n) is 25.2. The molecule has 0 saturated carbocycles. The number of aryl methyl sites for hydroxylation is 2. The Morgan fingerprint density at radius 2 is 1.60 bits per heavy atom. The fourth-order valence-electron chi connectivity index (χ4n) is 4.55. The van der Waals surface area contributed by atoms with Gasteiger partial charge in [0.1, 0.15) is 18.1 Å². The molecule has 45 heavy (non-hydrogen) atoms. The van der Waals surface area contributed by atoms with Gasteiger partial charge in [-0.25, -0.2) is 10.2 Å². The van der Waals surface area contributed by atoms with E-state index in [-0.39, 0.29) is 18.1 Å². The second kappa shape index (κ2) is 14.6. The molecule has 3 aromatic carbocycles.